The van der Waals surface area contributed by atoms with Crippen LogP contribution in [0, 0.1) is 24.6 Å². The minimum absolute atomic E-state index is 0.000650. The van der Waals surface area contributed by atoms with Gasteiger partial charge in [0.1, 0.15) is 6.17 Å². The van der Waals surface area contributed by atoms with E-state index in [0.717, 1.165) is 19.0 Å². The number of pyridine rings is 1. The molecule has 5 rings (SSSR count). The standard InChI is InChI=1S/C19H22F2N4O2/c1-8-16(24-5-10-4-12(20)15(22)11(10)6-24)13(21)7-25-17(8)14(9-2-3-9)18(26)23-19(25)27/h7,9-12,15H,2-6,22H2,1H3,(H,23,26,27). The van der Waals surface area contributed by atoms with Crippen LogP contribution in [0.25, 0.3) is 5.52 Å². The van der Waals surface area contributed by atoms with E-state index in [1.54, 1.807) is 6.92 Å². The van der Waals surface area contributed by atoms with Crippen molar-refractivity contribution in [1.29, 1.82) is 0 Å². The predicted octanol–water partition coefficient (Wildman–Crippen LogP) is 1.43. The highest BCUT2D eigenvalue weighted by molar-refractivity contribution is 5.72. The van der Waals surface area contributed by atoms with Crippen molar-refractivity contribution in [3.05, 3.63) is 44.0 Å². The van der Waals surface area contributed by atoms with Crippen LogP contribution in [-0.2, 0) is 0 Å². The molecule has 2 saturated carbocycles. The average molecular weight is 376 g/mol. The molecule has 2 aliphatic carbocycles. The number of aromatic nitrogens is 2. The Morgan fingerprint density at radius 1 is 1.26 bits per heavy atom. The Kier molecular flexibility index (Phi) is 3.53. The molecule has 0 amide bonds. The quantitative estimate of drug-likeness (QED) is 0.831. The van der Waals surface area contributed by atoms with Gasteiger partial charge in [0.25, 0.3) is 5.56 Å². The molecule has 0 spiro atoms. The van der Waals surface area contributed by atoms with Crippen LogP contribution in [0.5, 0.6) is 0 Å². The number of fused-ring (bicyclic) bond motifs is 2. The lowest BCUT2D eigenvalue weighted by Crippen LogP contribution is -2.36. The third-order valence-electron chi connectivity index (χ3n) is 6.59. The monoisotopic (exact) mass is 376 g/mol. The molecule has 2 aromatic heterocycles. The van der Waals surface area contributed by atoms with Gasteiger partial charge in [0.05, 0.1) is 17.4 Å². The summed E-state index contributed by atoms with van der Waals surface area (Å²) < 4.78 is 30.1. The summed E-state index contributed by atoms with van der Waals surface area (Å²) in [5.41, 5.74) is 7.04. The maximum absolute atomic E-state index is 15.0. The molecule has 8 heteroatoms. The summed E-state index contributed by atoms with van der Waals surface area (Å²) in [6.07, 6.45) is 2.35. The molecule has 3 heterocycles. The van der Waals surface area contributed by atoms with E-state index in [4.69, 9.17) is 5.73 Å². The fourth-order valence-corrected chi connectivity index (χ4v) is 5.15. The zero-order valence-electron chi connectivity index (χ0n) is 15.0. The van der Waals surface area contributed by atoms with Crippen molar-refractivity contribution in [1.82, 2.24) is 9.38 Å². The van der Waals surface area contributed by atoms with Crippen LogP contribution in [0.3, 0.4) is 0 Å². The van der Waals surface area contributed by atoms with Crippen molar-refractivity contribution >= 4 is 11.2 Å². The lowest BCUT2D eigenvalue weighted by molar-refractivity contribution is 0.292. The normalized spacial score (nSPS) is 30.3. The smallest absolute Gasteiger partial charge is 0.333 e. The predicted molar refractivity (Wildman–Crippen MR) is 97.6 cm³/mol. The molecule has 0 bridgehead atoms. The van der Waals surface area contributed by atoms with Crippen LogP contribution in [0.2, 0.25) is 0 Å². The molecule has 1 saturated heterocycles. The van der Waals surface area contributed by atoms with Crippen molar-refractivity contribution in [2.45, 2.75) is 44.3 Å². The van der Waals surface area contributed by atoms with Gasteiger partial charge >= 0.3 is 5.69 Å². The molecule has 3 fully saturated rings. The molecular formula is C19H22F2N4O2. The first kappa shape index (κ1) is 16.9. The summed E-state index contributed by atoms with van der Waals surface area (Å²) in [7, 11) is 0. The summed E-state index contributed by atoms with van der Waals surface area (Å²) >= 11 is 0. The molecule has 1 aliphatic heterocycles. The van der Waals surface area contributed by atoms with Crippen molar-refractivity contribution < 1.29 is 8.78 Å². The first-order valence-corrected chi connectivity index (χ1v) is 9.49. The molecule has 144 valence electrons. The molecule has 4 unspecified atom stereocenters. The van der Waals surface area contributed by atoms with Gasteiger partial charge in [-0.05, 0) is 43.9 Å². The molecule has 0 aromatic carbocycles. The van der Waals surface area contributed by atoms with Crippen molar-refractivity contribution in [3.8, 4) is 0 Å². The van der Waals surface area contributed by atoms with Crippen LogP contribution in [0.15, 0.2) is 15.8 Å². The lowest BCUT2D eigenvalue weighted by Gasteiger charge is -2.25. The number of hydrogen-bond donors (Lipinski definition) is 2. The van der Waals surface area contributed by atoms with Gasteiger partial charge in [0.15, 0.2) is 5.82 Å². The van der Waals surface area contributed by atoms with Gasteiger partial charge < -0.3 is 10.6 Å². The Morgan fingerprint density at radius 2 is 2.00 bits per heavy atom. The third kappa shape index (κ3) is 2.38. The second kappa shape index (κ2) is 5.64. The number of aromatic amines is 1. The Bertz CT molecular complexity index is 1060. The largest absolute Gasteiger partial charge is 0.368 e. The van der Waals surface area contributed by atoms with Gasteiger partial charge in [0, 0.05) is 30.3 Å². The summed E-state index contributed by atoms with van der Waals surface area (Å²) in [5.74, 6) is -0.296. The van der Waals surface area contributed by atoms with E-state index < -0.39 is 23.7 Å². The summed E-state index contributed by atoms with van der Waals surface area (Å²) in [4.78, 5) is 28.9. The second-order valence-electron chi connectivity index (χ2n) is 8.27. The molecule has 27 heavy (non-hydrogen) atoms. The van der Waals surface area contributed by atoms with Crippen LogP contribution >= 0.6 is 0 Å². The van der Waals surface area contributed by atoms with E-state index in [2.05, 4.69) is 4.98 Å². The first-order chi connectivity index (χ1) is 12.9. The van der Waals surface area contributed by atoms with Crippen LogP contribution in [0.1, 0.15) is 36.3 Å². The van der Waals surface area contributed by atoms with E-state index in [1.165, 1.54) is 4.40 Å². The number of anilines is 1. The topological polar surface area (TPSA) is 83.6 Å². The maximum atomic E-state index is 15.0. The number of nitrogens with zero attached hydrogens (tertiary/aromatic N) is 2. The molecule has 2 aromatic rings. The number of nitrogens with two attached hydrogens (primary N) is 1. The van der Waals surface area contributed by atoms with E-state index in [0.29, 0.717) is 41.8 Å². The van der Waals surface area contributed by atoms with Crippen LogP contribution in [-0.4, -0.2) is 34.7 Å². The van der Waals surface area contributed by atoms with Gasteiger partial charge in [-0.2, -0.15) is 0 Å². The molecular weight excluding hydrogens is 354 g/mol. The molecule has 0 radical (unpaired) electrons. The highest BCUT2D eigenvalue weighted by Crippen LogP contribution is 2.44. The van der Waals surface area contributed by atoms with Gasteiger partial charge in [-0.1, -0.05) is 0 Å². The van der Waals surface area contributed by atoms with E-state index in [-0.39, 0.29) is 23.3 Å². The molecule has 3 N–H and O–H groups in total. The minimum atomic E-state index is -0.997. The van der Waals surface area contributed by atoms with Gasteiger partial charge in [-0.3, -0.25) is 14.2 Å². The highest BCUT2D eigenvalue weighted by atomic mass is 19.1. The second-order valence-corrected chi connectivity index (χ2v) is 8.27. The average Bonchev–Trinajstić information content (AvgIpc) is 3.30. The van der Waals surface area contributed by atoms with Crippen LogP contribution in [0.4, 0.5) is 14.5 Å². The number of alkyl halides is 1. The number of rotatable bonds is 2. The number of nitrogens with one attached hydrogen (secondary N) is 1. The highest BCUT2D eigenvalue weighted by Gasteiger charge is 2.47. The molecule has 6 nitrogen and oxygen atoms in total. The minimum Gasteiger partial charge on any atom is -0.368 e. The summed E-state index contributed by atoms with van der Waals surface area (Å²) in [6.45, 7) is 2.79. The first-order valence-electron chi connectivity index (χ1n) is 9.49. The summed E-state index contributed by atoms with van der Waals surface area (Å²) in [5, 5.41) is 0. The van der Waals surface area contributed by atoms with E-state index in [9.17, 15) is 14.0 Å². The Balaban J connectivity index is 1.67. The number of halogens is 2. The van der Waals surface area contributed by atoms with Crippen molar-refractivity contribution in [3.63, 3.8) is 0 Å². The van der Waals surface area contributed by atoms with Gasteiger partial charge in [-0.25, -0.2) is 13.6 Å². The van der Waals surface area contributed by atoms with E-state index in [1.807, 2.05) is 4.90 Å². The Labute approximate surface area is 154 Å². The molecule has 4 atom stereocenters. The lowest BCUT2D eigenvalue weighted by atomic mass is 9.98. The Morgan fingerprint density at radius 3 is 2.67 bits per heavy atom. The van der Waals surface area contributed by atoms with Crippen molar-refractivity contribution in [2.75, 3.05) is 18.0 Å². The number of H-pyrrole nitrogens is 1. The van der Waals surface area contributed by atoms with E-state index >= 15 is 4.39 Å². The molecule has 3 aliphatic rings. The number of hydrogen-bond acceptors (Lipinski definition) is 4. The zero-order chi connectivity index (χ0) is 19.0. The van der Waals surface area contributed by atoms with Crippen molar-refractivity contribution in [2.24, 2.45) is 17.6 Å². The fourth-order valence-electron chi connectivity index (χ4n) is 5.15. The fraction of sp³-hybridized carbons (Fsp3) is 0.579. The van der Waals surface area contributed by atoms with Gasteiger partial charge in [-0.15, -0.1) is 0 Å². The SMILES string of the molecule is Cc1c(N2CC3CC(F)C(N)C3C2)c(F)cn2c(=O)[nH]c(=O)c(C3CC3)c12. The zero-order valence-corrected chi connectivity index (χ0v) is 15.0. The summed E-state index contributed by atoms with van der Waals surface area (Å²) in [6, 6.07) is -0.517. The van der Waals surface area contributed by atoms with Gasteiger partial charge in [0.2, 0.25) is 0 Å². The number of aryl methyl sites for hydroxylation is 1. The third-order valence-corrected chi connectivity index (χ3v) is 6.59. The van der Waals surface area contributed by atoms with Crippen LogP contribution < -0.4 is 21.9 Å². The maximum Gasteiger partial charge on any atom is 0.333 e. The Hall–Kier alpha value is -2.22.